The largest absolute Gasteiger partial charge is 0.493 e. The normalized spacial score (nSPS) is 19.2. The zero-order valence-corrected chi connectivity index (χ0v) is 25.5. The number of amides is 2. The van der Waals surface area contributed by atoms with Gasteiger partial charge in [-0.15, -0.1) is 0 Å². The van der Waals surface area contributed by atoms with Gasteiger partial charge in [0.25, 0.3) is 0 Å². The molecule has 0 saturated heterocycles. The SMILES string of the molecule is CC(C)(C)OC(=O)NCCCNC(=O)C1(c2ccc3c(c2)OC[C@H](Cc2ccc(-c4ccccc4)cc2)[C@H]3O)CCCC1. The van der Waals surface area contributed by atoms with Crippen molar-refractivity contribution in [2.45, 2.75) is 76.4 Å². The Morgan fingerprint density at radius 2 is 1.60 bits per heavy atom. The quantitative estimate of drug-likeness (QED) is 0.250. The molecule has 7 heteroatoms. The van der Waals surface area contributed by atoms with Crippen molar-refractivity contribution >= 4 is 12.0 Å². The van der Waals surface area contributed by atoms with E-state index < -0.39 is 23.2 Å². The van der Waals surface area contributed by atoms with E-state index in [2.05, 4.69) is 47.0 Å². The lowest BCUT2D eigenvalue weighted by atomic mass is 9.76. The van der Waals surface area contributed by atoms with E-state index >= 15 is 0 Å². The average Bonchev–Trinajstić information content (AvgIpc) is 3.50. The molecule has 228 valence electrons. The van der Waals surface area contributed by atoms with Gasteiger partial charge in [-0.05, 0) is 74.8 Å². The highest BCUT2D eigenvalue weighted by Gasteiger charge is 2.43. The fourth-order valence-corrected chi connectivity index (χ4v) is 6.27. The minimum atomic E-state index is -0.641. The Morgan fingerprint density at radius 1 is 0.930 bits per heavy atom. The molecule has 3 aromatic rings. The van der Waals surface area contributed by atoms with Gasteiger partial charge in [-0.1, -0.05) is 79.6 Å². The van der Waals surface area contributed by atoms with E-state index in [1.165, 1.54) is 11.1 Å². The van der Waals surface area contributed by atoms with Crippen LogP contribution >= 0.6 is 0 Å². The second-order valence-electron chi connectivity index (χ2n) is 12.9. The molecule has 2 aliphatic rings. The van der Waals surface area contributed by atoms with Gasteiger partial charge in [-0.3, -0.25) is 4.79 Å². The lowest BCUT2D eigenvalue weighted by Gasteiger charge is -2.33. The lowest BCUT2D eigenvalue weighted by Crippen LogP contribution is -2.43. The summed E-state index contributed by atoms with van der Waals surface area (Å²) < 4.78 is 11.5. The van der Waals surface area contributed by atoms with E-state index in [4.69, 9.17) is 9.47 Å². The first-order valence-electron chi connectivity index (χ1n) is 15.5. The molecular weight excluding hydrogens is 540 g/mol. The molecule has 1 aliphatic carbocycles. The van der Waals surface area contributed by atoms with Crippen LogP contribution < -0.4 is 15.4 Å². The maximum absolute atomic E-state index is 13.5. The summed E-state index contributed by atoms with van der Waals surface area (Å²) in [4.78, 5) is 25.4. The number of aliphatic hydroxyl groups excluding tert-OH is 1. The van der Waals surface area contributed by atoms with Crippen molar-refractivity contribution in [1.82, 2.24) is 10.6 Å². The molecule has 0 aromatic heterocycles. The van der Waals surface area contributed by atoms with Gasteiger partial charge < -0.3 is 25.2 Å². The van der Waals surface area contributed by atoms with Crippen molar-refractivity contribution in [1.29, 1.82) is 0 Å². The molecule has 2 atom stereocenters. The molecule has 0 bridgehead atoms. The highest BCUT2D eigenvalue weighted by molar-refractivity contribution is 5.88. The molecule has 43 heavy (non-hydrogen) atoms. The molecule has 0 unspecified atom stereocenters. The Kier molecular flexibility index (Phi) is 9.40. The average molecular weight is 585 g/mol. The van der Waals surface area contributed by atoms with Crippen molar-refractivity contribution in [3.05, 3.63) is 89.5 Å². The molecule has 1 heterocycles. The first kappa shape index (κ1) is 30.6. The van der Waals surface area contributed by atoms with Gasteiger partial charge in [0.05, 0.1) is 18.1 Å². The van der Waals surface area contributed by atoms with E-state index in [-0.39, 0.29) is 11.8 Å². The Bertz CT molecular complexity index is 1390. The number of nitrogens with one attached hydrogen (secondary N) is 2. The summed E-state index contributed by atoms with van der Waals surface area (Å²) >= 11 is 0. The topological polar surface area (TPSA) is 96.9 Å². The van der Waals surface area contributed by atoms with Crippen LogP contribution in [-0.2, 0) is 21.4 Å². The van der Waals surface area contributed by atoms with E-state index in [1.807, 2.05) is 57.2 Å². The molecule has 1 saturated carbocycles. The van der Waals surface area contributed by atoms with Gasteiger partial charge in [0.1, 0.15) is 11.4 Å². The molecule has 2 amide bonds. The summed E-state index contributed by atoms with van der Waals surface area (Å²) in [6.45, 7) is 6.78. The van der Waals surface area contributed by atoms with Gasteiger partial charge in [-0.25, -0.2) is 4.79 Å². The van der Waals surface area contributed by atoms with Gasteiger partial charge in [0.2, 0.25) is 5.91 Å². The third-order valence-electron chi connectivity index (χ3n) is 8.54. The zero-order valence-electron chi connectivity index (χ0n) is 25.5. The molecule has 1 fully saturated rings. The molecule has 5 rings (SSSR count). The number of rotatable bonds is 9. The highest BCUT2D eigenvalue weighted by atomic mass is 16.6. The summed E-state index contributed by atoms with van der Waals surface area (Å²) in [5.74, 6) is 0.621. The van der Waals surface area contributed by atoms with Crippen LogP contribution in [0.5, 0.6) is 5.75 Å². The predicted octanol–water partition coefficient (Wildman–Crippen LogP) is 6.48. The molecular formula is C36H44N2O5. The standard InChI is InChI=1S/C36H44N2O5/c1-35(2,3)43-34(41)38-21-9-20-37-33(40)36(18-7-8-19-36)29-16-17-30-31(23-29)42-24-28(32(30)39)22-25-12-14-27(15-13-25)26-10-5-4-6-11-26/h4-6,10-17,23,28,32,39H,7-9,18-22,24H2,1-3H3,(H,37,40)(H,38,41)/t28-,32+/m0/s1. The number of aliphatic hydroxyl groups is 1. The Hall–Kier alpha value is -3.84. The van der Waals surface area contributed by atoms with Crippen LogP contribution in [0.25, 0.3) is 11.1 Å². The van der Waals surface area contributed by atoms with Gasteiger partial charge in [0.15, 0.2) is 0 Å². The van der Waals surface area contributed by atoms with Crippen molar-refractivity contribution in [3.8, 4) is 16.9 Å². The fraction of sp³-hybridized carbons (Fsp3) is 0.444. The summed E-state index contributed by atoms with van der Waals surface area (Å²) in [5, 5.41) is 17.2. The zero-order chi connectivity index (χ0) is 30.5. The third-order valence-corrected chi connectivity index (χ3v) is 8.54. The van der Waals surface area contributed by atoms with Crippen LogP contribution in [0, 0.1) is 5.92 Å². The van der Waals surface area contributed by atoms with Crippen LogP contribution in [0.1, 0.15) is 75.7 Å². The first-order valence-corrected chi connectivity index (χ1v) is 15.5. The maximum Gasteiger partial charge on any atom is 0.407 e. The van der Waals surface area contributed by atoms with Gasteiger partial charge >= 0.3 is 6.09 Å². The van der Waals surface area contributed by atoms with Crippen LogP contribution in [0.2, 0.25) is 0 Å². The predicted molar refractivity (Wildman–Crippen MR) is 168 cm³/mol. The van der Waals surface area contributed by atoms with Crippen molar-refractivity contribution < 1.29 is 24.2 Å². The van der Waals surface area contributed by atoms with Gasteiger partial charge in [0, 0.05) is 24.6 Å². The second-order valence-corrected chi connectivity index (χ2v) is 12.9. The van der Waals surface area contributed by atoms with Gasteiger partial charge in [-0.2, -0.15) is 0 Å². The molecule has 1 aliphatic heterocycles. The Balaban J connectivity index is 1.19. The number of alkyl carbamates (subject to hydrolysis) is 1. The molecule has 0 spiro atoms. The van der Waals surface area contributed by atoms with Crippen LogP contribution in [0.3, 0.4) is 0 Å². The number of carbonyl (C=O) groups is 2. The van der Waals surface area contributed by atoms with Crippen LogP contribution in [0.15, 0.2) is 72.8 Å². The maximum atomic E-state index is 13.5. The van der Waals surface area contributed by atoms with E-state index in [9.17, 15) is 14.7 Å². The summed E-state index contributed by atoms with van der Waals surface area (Å²) in [6.07, 6.45) is 3.75. The van der Waals surface area contributed by atoms with Crippen molar-refractivity contribution in [2.75, 3.05) is 19.7 Å². The van der Waals surface area contributed by atoms with E-state index in [0.717, 1.165) is 42.4 Å². The molecule has 3 aromatic carbocycles. The highest BCUT2D eigenvalue weighted by Crippen LogP contribution is 2.45. The summed E-state index contributed by atoms with van der Waals surface area (Å²) in [7, 11) is 0. The smallest absolute Gasteiger partial charge is 0.407 e. The monoisotopic (exact) mass is 584 g/mol. The number of hydrogen-bond donors (Lipinski definition) is 3. The molecule has 0 radical (unpaired) electrons. The fourth-order valence-electron chi connectivity index (χ4n) is 6.27. The van der Waals surface area contributed by atoms with Crippen molar-refractivity contribution in [2.24, 2.45) is 5.92 Å². The first-order chi connectivity index (χ1) is 20.6. The minimum Gasteiger partial charge on any atom is -0.493 e. The Labute approximate surface area is 255 Å². The van der Waals surface area contributed by atoms with E-state index in [1.54, 1.807) is 0 Å². The second kappa shape index (κ2) is 13.2. The summed E-state index contributed by atoms with van der Waals surface area (Å²) in [5.41, 5.74) is 4.08. The van der Waals surface area contributed by atoms with E-state index in [0.29, 0.717) is 38.3 Å². The number of carbonyl (C=O) groups excluding carboxylic acids is 2. The number of fused-ring (bicyclic) bond motifs is 1. The van der Waals surface area contributed by atoms with Crippen LogP contribution in [0.4, 0.5) is 4.79 Å². The van der Waals surface area contributed by atoms with Crippen LogP contribution in [-0.4, -0.2) is 42.4 Å². The van der Waals surface area contributed by atoms with Crippen molar-refractivity contribution in [3.63, 3.8) is 0 Å². The number of hydrogen-bond acceptors (Lipinski definition) is 5. The number of benzene rings is 3. The summed E-state index contributed by atoms with van der Waals surface area (Å²) in [6, 6.07) is 24.7. The lowest BCUT2D eigenvalue weighted by molar-refractivity contribution is -0.126. The molecule has 7 nitrogen and oxygen atoms in total. The Morgan fingerprint density at radius 3 is 2.30 bits per heavy atom. The third kappa shape index (κ3) is 7.39. The minimum absolute atomic E-state index is 0.00963. The number of ether oxygens (including phenoxy) is 2. The molecule has 3 N–H and O–H groups in total.